The van der Waals surface area contributed by atoms with Crippen LogP contribution in [-0.4, -0.2) is 18.7 Å². The average molecular weight is 306 g/mol. The fourth-order valence-electron chi connectivity index (χ4n) is 1.85. The Kier molecular flexibility index (Phi) is 3.91. The maximum Gasteiger partial charge on any atom is 0.235 e. The van der Waals surface area contributed by atoms with Crippen molar-refractivity contribution in [3.05, 3.63) is 28.2 Å². The van der Waals surface area contributed by atoms with Crippen LogP contribution in [0, 0.1) is 6.92 Å². The lowest BCUT2D eigenvalue weighted by Gasteiger charge is -2.04. The van der Waals surface area contributed by atoms with Gasteiger partial charge in [0.2, 0.25) is 10.5 Å². The normalized spacial score (nSPS) is 12.2. The molecule has 0 aliphatic heterocycles. The Labute approximate surface area is 115 Å². The number of fused-ring (bicyclic) bond motifs is 1. The number of rotatable bonds is 4. The molecule has 0 saturated heterocycles. The molecule has 0 amide bonds. The molecule has 0 unspecified atom stereocenters. The van der Waals surface area contributed by atoms with E-state index in [1.807, 2.05) is 23.6 Å². The van der Waals surface area contributed by atoms with Gasteiger partial charge >= 0.3 is 0 Å². The van der Waals surface area contributed by atoms with Gasteiger partial charge < -0.3 is 4.55 Å². The van der Waals surface area contributed by atoms with Gasteiger partial charge in [-0.15, -0.1) is 0 Å². The highest BCUT2D eigenvalue weighted by Gasteiger charge is 2.17. The second-order valence-corrected chi connectivity index (χ2v) is 7.19. The molecule has 2 rings (SSSR count). The number of thiazole rings is 1. The SMILES string of the molecule is Cc1sc2cc(Cl)ccc2[n+]1CCCS(=O)(=O)[O-]. The zero-order chi connectivity index (χ0) is 13.3. The molecule has 18 heavy (non-hydrogen) atoms. The van der Waals surface area contributed by atoms with Crippen LogP contribution in [0.15, 0.2) is 18.2 Å². The van der Waals surface area contributed by atoms with E-state index in [0.717, 1.165) is 15.2 Å². The molecule has 0 bridgehead atoms. The highest BCUT2D eigenvalue weighted by Crippen LogP contribution is 2.23. The van der Waals surface area contributed by atoms with Crippen LogP contribution >= 0.6 is 22.9 Å². The van der Waals surface area contributed by atoms with Crippen molar-refractivity contribution >= 4 is 43.3 Å². The van der Waals surface area contributed by atoms with E-state index in [-0.39, 0.29) is 5.75 Å². The van der Waals surface area contributed by atoms with Gasteiger partial charge in [0, 0.05) is 30.2 Å². The van der Waals surface area contributed by atoms with Gasteiger partial charge in [0.05, 0.1) is 10.1 Å². The Bertz CT molecular complexity index is 679. The van der Waals surface area contributed by atoms with Crippen molar-refractivity contribution in [2.45, 2.75) is 19.9 Å². The summed E-state index contributed by atoms with van der Waals surface area (Å²) in [6, 6.07) is 5.60. The summed E-state index contributed by atoms with van der Waals surface area (Å²) in [6.45, 7) is 2.49. The molecule has 0 radical (unpaired) electrons. The zero-order valence-corrected chi connectivity index (χ0v) is 12.1. The third kappa shape index (κ3) is 3.20. The molecule has 1 aromatic carbocycles. The number of benzene rings is 1. The number of halogens is 1. The molecule has 0 saturated carbocycles. The number of hydrogen-bond acceptors (Lipinski definition) is 4. The number of aryl methyl sites for hydroxylation is 2. The second kappa shape index (κ2) is 5.13. The van der Waals surface area contributed by atoms with Gasteiger partial charge in [-0.2, -0.15) is 4.57 Å². The van der Waals surface area contributed by atoms with Crippen LogP contribution in [0.5, 0.6) is 0 Å². The monoisotopic (exact) mass is 305 g/mol. The van der Waals surface area contributed by atoms with Crippen LogP contribution < -0.4 is 4.57 Å². The summed E-state index contributed by atoms with van der Waals surface area (Å²) in [5.74, 6) is -0.329. The quantitative estimate of drug-likeness (QED) is 0.642. The van der Waals surface area contributed by atoms with Gasteiger partial charge in [-0.25, -0.2) is 8.42 Å². The Morgan fingerprint density at radius 2 is 2.17 bits per heavy atom. The first-order valence-electron chi connectivity index (χ1n) is 5.39. The minimum Gasteiger partial charge on any atom is -0.748 e. The molecule has 0 N–H and O–H groups in total. The van der Waals surface area contributed by atoms with E-state index in [0.29, 0.717) is 18.0 Å². The van der Waals surface area contributed by atoms with E-state index < -0.39 is 10.1 Å². The first-order valence-corrected chi connectivity index (χ1v) is 8.16. The van der Waals surface area contributed by atoms with E-state index in [9.17, 15) is 13.0 Å². The third-order valence-electron chi connectivity index (χ3n) is 2.63. The maximum absolute atomic E-state index is 10.6. The molecule has 98 valence electrons. The highest BCUT2D eigenvalue weighted by atomic mass is 35.5. The topological polar surface area (TPSA) is 61.1 Å². The fraction of sp³-hybridized carbons (Fsp3) is 0.364. The fourth-order valence-corrected chi connectivity index (χ4v) is 3.66. The van der Waals surface area contributed by atoms with Crippen LogP contribution in [-0.2, 0) is 16.7 Å². The van der Waals surface area contributed by atoms with Gasteiger partial charge in [-0.05, 0) is 12.1 Å². The van der Waals surface area contributed by atoms with E-state index in [1.165, 1.54) is 0 Å². The first-order chi connectivity index (χ1) is 8.37. The molecule has 0 spiro atoms. The van der Waals surface area contributed by atoms with E-state index >= 15 is 0 Å². The summed E-state index contributed by atoms with van der Waals surface area (Å²) in [7, 11) is -4.13. The zero-order valence-electron chi connectivity index (χ0n) is 9.72. The van der Waals surface area contributed by atoms with Crippen molar-refractivity contribution in [1.82, 2.24) is 0 Å². The molecular weight excluding hydrogens is 294 g/mol. The molecule has 2 aromatic rings. The van der Waals surface area contributed by atoms with Crippen LogP contribution in [0.4, 0.5) is 0 Å². The van der Waals surface area contributed by atoms with Gasteiger partial charge in [-0.3, -0.25) is 0 Å². The standard InChI is InChI=1S/C11H12ClNO3S2/c1-8-13(5-2-6-18(14,15)16)10-4-3-9(12)7-11(10)17-8/h3-4,7H,2,5-6H2,1H3. The van der Waals surface area contributed by atoms with Crippen LogP contribution in [0.3, 0.4) is 0 Å². The highest BCUT2D eigenvalue weighted by molar-refractivity contribution is 7.85. The summed E-state index contributed by atoms with van der Waals surface area (Å²) in [5.41, 5.74) is 1.02. The van der Waals surface area contributed by atoms with Gasteiger partial charge in [-0.1, -0.05) is 22.9 Å². The number of nitrogens with zero attached hydrogens (tertiary/aromatic N) is 1. The van der Waals surface area contributed by atoms with Crippen molar-refractivity contribution < 1.29 is 17.5 Å². The first kappa shape index (κ1) is 13.7. The summed E-state index contributed by atoms with van der Waals surface area (Å²) < 4.78 is 34.8. The lowest BCUT2D eigenvalue weighted by Crippen LogP contribution is -2.35. The van der Waals surface area contributed by atoms with Crippen LogP contribution in [0.1, 0.15) is 11.4 Å². The number of aromatic nitrogens is 1. The molecule has 0 aliphatic rings. The van der Waals surface area contributed by atoms with E-state index in [1.54, 1.807) is 17.4 Å². The van der Waals surface area contributed by atoms with Crippen molar-refractivity contribution in [2.75, 3.05) is 5.75 Å². The van der Waals surface area contributed by atoms with E-state index in [2.05, 4.69) is 0 Å². The molecule has 1 heterocycles. The molecule has 0 fully saturated rings. The lowest BCUT2D eigenvalue weighted by atomic mass is 10.3. The molecule has 4 nitrogen and oxygen atoms in total. The van der Waals surface area contributed by atoms with Crippen molar-refractivity contribution in [2.24, 2.45) is 0 Å². The molecule has 7 heteroatoms. The smallest absolute Gasteiger partial charge is 0.235 e. The van der Waals surface area contributed by atoms with Crippen molar-refractivity contribution in [3.63, 3.8) is 0 Å². The largest absolute Gasteiger partial charge is 0.748 e. The molecule has 0 aliphatic carbocycles. The molecule has 0 atom stereocenters. The second-order valence-electron chi connectivity index (χ2n) is 4.00. The van der Waals surface area contributed by atoms with Crippen molar-refractivity contribution in [3.8, 4) is 0 Å². The minimum absolute atomic E-state index is 0.325. The van der Waals surface area contributed by atoms with Crippen LogP contribution in [0.25, 0.3) is 10.2 Å². The Morgan fingerprint density at radius 3 is 2.83 bits per heavy atom. The maximum atomic E-state index is 10.6. The lowest BCUT2D eigenvalue weighted by molar-refractivity contribution is -0.672. The molecular formula is C11H12ClNO3S2. The summed E-state index contributed by atoms with van der Waals surface area (Å²) in [5, 5.41) is 1.74. The molecule has 1 aromatic heterocycles. The van der Waals surface area contributed by atoms with Crippen LogP contribution in [0.2, 0.25) is 5.02 Å². The van der Waals surface area contributed by atoms with Gasteiger partial charge in [0.15, 0.2) is 6.54 Å². The minimum atomic E-state index is -4.13. The summed E-state index contributed by atoms with van der Waals surface area (Å²) >= 11 is 7.52. The Hall–Kier alpha value is -0.690. The Morgan fingerprint density at radius 1 is 1.44 bits per heavy atom. The predicted molar refractivity (Wildman–Crippen MR) is 70.9 cm³/mol. The van der Waals surface area contributed by atoms with Gasteiger partial charge in [0.1, 0.15) is 4.70 Å². The Balaban J connectivity index is 2.25. The summed E-state index contributed by atoms with van der Waals surface area (Å²) in [4.78, 5) is 0. The summed E-state index contributed by atoms with van der Waals surface area (Å²) in [6.07, 6.45) is 0.325. The van der Waals surface area contributed by atoms with Gasteiger partial charge in [0.25, 0.3) is 0 Å². The predicted octanol–water partition coefficient (Wildman–Crippen LogP) is 2.09. The average Bonchev–Trinajstić information content (AvgIpc) is 2.52. The number of hydrogen-bond donors (Lipinski definition) is 0. The third-order valence-corrected chi connectivity index (χ3v) is 4.71. The van der Waals surface area contributed by atoms with Crippen molar-refractivity contribution in [1.29, 1.82) is 0 Å². The van der Waals surface area contributed by atoms with E-state index in [4.69, 9.17) is 11.6 Å².